The second-order valence-corrected chi connectivity index (χ2v) is 8.05. The van der Waals surface area contributed by atoms with Gasteiger partial charge in [0.1, 0.15) is 0 Å². The highest BCUT2D eigenvalue weighted by Crippen LogP contribution is 2.32. The fourth-order valence-electron chi connectivity index (χ4n) is 2.94. The van der Waals surface area contributed by atoms with Gasteiger partial charge in [0.05, 0.1) is 11.9 Å². The number of hydrogen-bond acceptors (Lipinski definition) is 4. The van der Waals surface area contributed by atoms with Crippen molar-refractivity contribution >= 4 is 38.9 Å². The number of amides is 2. The molecule has 7 nitrogen and oxygen atoms in total. The van der Waals surface area contributed by atoms with Gasteiger partial charge in [0.2, 0.25) is 15.9 Å². The first-order valence-corrected chi connectivity index (χ1v) is 9.88. The van der Waals surface area contributed by atoms with E-state index in [0.29, 0.717) is 35.6 Å². The molecule has 1 aliphatic rings. The fourth-order valence-corrected chi connectivity index (χ4v) is 3.90. The molecule has 0 bridgehead atoms. The average molecular weight is 373 g/mol. The first-order chi connectivity index (χ1) is 12.2. The van der Waals surface area contributed by atoms with Crippen molar-refractivity contribution in [2.45, 2.75) is 13.3 Å². The minimum absolute atomic E-state index is 0.211. The first kappa shape index (κ1) is 17.9. The SMILES string of the molecule is CC(=O)Nc1cccc(C(=O)Nc2ccc3c(c2)CCN3S(C)(=O)=O)c1. The minimum atomic E-state index is -3.30. The zero-order valence-electron chi connectivity index (χ0n) is 14.4. The summed E-state index contributed by atoms with van der Waals surface area (Å²) in [6.07, 6.45) is 1.78. The molecule has 1 heterocycles. The second-order valence-electron chi connectivity index (χ2n) is 6.14. The smallest absolute Gasteiger partial charge is 0.255 e. The van der Waals surface area contributed by atoms with Crippen LogP contribution < -0.4 is 14.9 Å². The summed E-state index contributed by atoms with van der Waals surface area (Å²) in [6, 6.07) is 11.8. The summed E-state index contributed by atoms with van der Waals surface area (Å²) in [7, 11) is -3.30. The molecule has 0 aromatic heterocycles. The number of hydrogen-bond donors (Lipinski definition) is 2. The van der Waals surface area contributed by atoms with Crippen molar-refractivity contribution < 1.29 is 18.0 Å². The first-order valence-electron chi connectivity index (χ1n) is 8.04. The molecule has 26 heavy (non-hydrogen) atoms. The lowest BCUT2D eigenvalue weighted by Crippen LogP contribution is -2.27. The number of benzene rings is 2. The van der Waals surface area contributed by atoms with Crippen LogP contribution in [0.1, 0.15) is 22.8 Å². The highest BCUT2D eigenvalue weighted by Gasteiger charge is 2.26. The van der Waals surface area contributed by atoms with Crippen molar-refractivity contribution in [1.82, 2.24) is 0 Å². The van der Waals surface area contributed by atoms with E-state index in [1.54, 1.807) is 42.5 Å². The number of nitrogens with one attached hydrogen (secondary N) is 2. The number of carbonyl (C=O) groups excluding carboxylic acids is 2. The molecule has 136 valence electrons. The van der Waals surface area contributed by atoms with E-state index in [1.807, 2.05) is 0 Å². The van der Waals surface area contributed by atoms with Crippen LogP contribution in [0.2, 0.25) is 0 Å². The summed E-state index contributed by atoms with van der Waals surface area (Å²) >= 11 is 0. The molecule has 1 aliphatic heterocycles. The zero-order valence-corrected chi connectivity index (χ0v) is 15.3. The Bertz CT molecular complexity index is 986. The van der Waals surface area contributed by atoms with Crippen LogP contribution in [-0.4, -0.2) is 33.0 Å². The van der Waals surface area contributed by atoms with E-state index in [0.717, 1.165) is 5.56 Å². The average Bonchev–Trinajstić information content (AvgIpc) is 2.98. The largest absolute Gasteiger partial charge is 0.326 e. The van der Waals surface area contributed by atoms with Crippen molar-refractivity contribution in [1.29, 1.82) is 0 Å². The van der Waals surface area contributed by atoms with Gasteiger partial charge in [-0.15, -0.1) is 0 Å². The van der Waals surface area contributed by atoms with Gasteiger partial charge in [-0.25, -0.2) is 8.42 Å². The van der Waals surface area contributed by atoms with E-state index in [9.17, 15) is 18.0 Å². The number of carbonyl (C=O) groups is 2. The molecule has 0 fully saturated rings. The molecule has 2 amide bonds. The van der Waals surface area contributed by atoms with Gasteiger partial charge in [-0.1, -0.05) is 6.07 Å². The maximum absolute atomic E-state index is 12.4. The van der Waals surface area contributed by atoms with Gasteiger partial charge >= 0.3 is 0 Å². The van der Waals surface area contributed by atoms with Gasteiger partial charge in [0, 0.05) is 30.4 Å². The summed E-state index contributed by atoms with van der Waals surface area (Å²) < 4.78 is 24.9. The van der Waals surface area contributed by atoms with E-state index in [1.165, 1.54) is 17.5 Å². The van der Waals surface area contributed by atoms with Gasteiger partial charge in [-0.05, 0) is 48.4 Å². The van der Waals surface area contributed by atoms with Crippen LogP contribution in [0, 0.1) is 0 Å². The topological polar surface area (TPSA) is 95.6 Å². The Morgan fingerprint density at radius 2 is 1.77 bits per heavy atom. The molecule has 0 saturated carbocycles. The molecule has 8 heteroatoms. The van der Waals surface area contributed by atoms with Crippen LogP contribution >= 0.6 is 0 Å². The molecule has 0 radical (unpaired) electrons. The number of rotatable bonds is 4. The Hall–Kier alpha value is -2.87. The third kappa shape index (κ3) is 3.85. The lowest BCUT2D eigenvalue weighted by atomic mass is 10.1. The van der Waals surface area contributed by atoms with E-state index < -0.39 is 10.0 Å². The van der Waals surface area contributed by atoms with Gasteiger partial charge in [0.15, 0.2) is 0 Å². The lowest BCUT2D eigenvalue weighted by Gasteiger charge is -2.16. The predicted molar refractivity (Wildman–Crippen MR) is 101 cm³/mol. The van der Waals surface area contributed by atoms with Gasteiger partial charge in [-0.3, -0.25) is 13.9 Å². The van der Waals surface area contributed by atoms with Crippen LogP contribution in [0.15, 0.2) is 42.5 Å². The molecule has 2 N–H and O–H groups in total. The highest BCUT2D eigenvalue weighted by molar-refractivity contribution is 7.92. The monoisotopic (exact) mass is 373 g/mol. The fraction of sp³-hybridized carbons (Fsp3) is 0.222. The Morgan fingerprint density at radius 1 is 1.04 bits per heavy atom. The lowest BCUT2D eigenvalue weighted by molar-refractivity contribution is -0.114. The molecule has 2 aromatic carbocycles. The molecule has 3 rings (SSSR count). The summed E-state index contributed by atoms with van der Waals surface area (Å²) in [5, 5.41) is 5.44. The van der Waals surface area contributed by atoms with Crippen molar-refractivity contribution in [2.75, 3.05) is 27.7 Å². The van der Waals surface area contributed by atoms with Crippen molar-refractivity contribution in [3.63, 3.8) is 0 Å². The third-order valence-electron chi connectivity index (χ3n) is 4.04. The molecule has 0 atom stereocenters. The van der Waals surface area contributed by atoms with Gasteiger partial charge in [0.25, 0.3) is 5.91 Å². The van der Waals surface area contributed by atoms with Crippen LogP contribution in [0.3, 0.4) is 0 Å². The Morgan fingerprint density at radius 3 is 2.46 bits per heavy atom. The summed E-state index contributed by atoms with van der Waals surface area (Å²) in [5.74, 6) is -0.522. The molecule has 0 spiro atoms. The van der Waals surface area contributed by atoms with Crippen molar-refractivity contribution in [3.05, 3.63) is 53.6 Å². The van der Waals surface area contributed by atoms with Crippen molar-refractivity contribution in [2.24, 2.45) is 0 Å². The maximum atomic E-state index is 12.4. The molecular formula is C18H19N3O4S. The normalized spacial score (nSPS) is 13.2. The summed E-state index contributed by atoms with van der Waals surface area (Å²) in [5.41, 5.74) is 3.07. The molecule has 0 aliphatic carbocycles. The second kappa shape index (κ2) is 6.80. The quantitative estimate of drug-likeness (QED) is 0.859. The number of anilines is 3. The predicted octanol–water partition coefficient (Wildman–Crippen LogP) is 2.22. The molecule has 0 unspecified atom stereocenters. The number of nitrogens with zero attached hydrogens (tertiary/aromatic N) is 1. The Labute approximate surface area is 152 Å². The number of sulfonamides is 1. The van der Waals surface area contributed by atoms with Crippen LogP contribution in [0.4, 0.5) is 17.1 Å². The summed E-state index contributed by atoms with van der Waals surface area (Å²) in [6.45, 7) is 1.81. The zero-order chi connectivity index (χ0) is 18.9. The molecular weight excluding hydrogens is 354 g/mol. The minimum Gasteiger partial charge on any atom is -0.326 e. The van der Waals surface area contributed by atoms with Crippen LogP contribution in [0.5, 0.6) is 0 Å². The standard InChI is InChI=1S/C18H19N3O4S/c1-12(22)19-15-5-3-4-14(11-15)18(23)20-16-6-7-17-13(10-16)8-9-21(17)26(2,24)25/h3-7,10-11H,8-9H2,1-2H3,(H,19,22)(H,20,23). The third-order valence-corrected chi connectivity index (χ3v) is 5.22. The van der Waals surface area contributed by atoms with Crippen molar-refractivity contribution in [3.8, 4) is 0 Å². The Kier molecular flexibility index (Phi) is 4.69. The highest BCUT2D eigenvalue weighted by atomic mass is 32.2. The molecule has 0 saturated heterocycles. The van der Waals surface area contributed by atoms with Gasteiger partial charge < -0.3 is 10.6 Å². The van der Waals surface area contributed by atoms with Crippen LogP contribution in [0.25, 0.3) is 0 Å². The van der Waals surface area contributed by atoms with E-state index in [2.05, 4.69) is 10.6 Å². The maximum Gasteiger partial charge on any atom is 0.255 e. The number of fused-ring (bicyclic) bond motifs is 1. The Balaban J connectivity index is 1.78. The molecule has 2 aromatic rings. The van der Waals surface area contributed by atoms with Crippen LogP contribution in [-0.2, 0) is 21.2 Å². The summed E-state index contributed by atoms with van der Waals surface area (Å²) in [4.78, 5) is 23.6. The van der Waals surface area contributed by atoms with E-state index >= 15 is 0 Å². The van der Waals surface area contributed by atoms with E-state index in [-0.39, 0.29) is 11.8 Å². The van der Waals surface area contributed by atoms with Gasteiger partial charge in [-0.2, -0.15) is 0 Å². The van der Waals surface area contributed by atoms with E-state index in [4.69, 9.17) is 0 Å².